The molecule has 3 aromatic rings. The van der Waals surface area contributed by atoms with Crippen LogP contribution in [0.25, 0.3) is 21.7 Å². The Kier molecular flexibility index (Phi) is 2.61. The molecule has 0 aliphatic carbocycles. The van der Waals surface area contributed by atoms with E-state index >= 15 is 0 Å². The smallest absolute Gasteiger partial charge is 0.344 e. The zero-order valence-corrected chi connectivity index (χ0v) is 10.7. The summed E-state index contributed by atoms with van der Waals surface area (Å²) in [6, 6.07) is 8.18. The number of ether oxygens (including phenoxy) is 1. The van der Waals surface area contributed by atoms with Gasteiger partial charge in [0.25, 0.3) is 0 Å². The van der Waals surface area contributed by atoms with Gasteiger partial charge >= 0.3 is 5.63 Å². The van der Waals surface area contributed by atoms with E-state index in [4.69, 9.17) is 20.8 Å². The number of rotatable bonds is 1. The van der Waals surface area contributed by atoms with Gasteiger partial charge in [0.15, 0.2) is 5.58 Å². The molecule has 0 saturated carbocycles. The normalized spacial score (nSPS) is 11.1. The second-order valence-electron chi connectivity index (χ2n) is 4.08. The van der Waals surface area contributed by atoms with Gasteiger partial charge in [-0.2, -0.15) is 0 Å². The fourth-order valence-electron chi connectivity index (χ4n) is 2.06. The summed E-state index contributed by atoms with van der Waals surface area (Å²) in [6.07, 6.45) is 0. The third-order valence-electron chi connectivity index (χ3n) is 3.01. The Bertz CT molecular complexity index is 851. The quantitative estimate of drug-likeness (QED) is 0.547. The molecule has 0 unspecified atom stereocenters. The molecule has 19 heavy (non-hydrogen) atoms. The Morgan fingerprint density at radius 2 is 1.89 bits per heavy atom. The van der Waals surface area contributed by atoms with E-state index in [0.717, 1.165) is 0 Å². The standard InChI is InChI=1S/C14H9ClO4/c1-18-7-2-3-9-10(6-7)8-4-5-11(16)12(15)13(8)19-14(9)17/h2-6,16H,1H3. The van der Waals surface area contributed by atoms with Crippen LogP contribution in [0.3, 0.4) is 0 Å². The highest BCUT2D eigenvalue weighted by Crippen LogP contribution is 2.35. The first-order valence-corrected chi connectivity index (χ1v) is 5.91. The molecule has 96 valence electrons. The fourth-order valence-corrected chi connectivity index (χ4v) is 2.26. The highest BCUT2D eigenvalue weighted by molar-refractivity contribution is 6.37. The lowest BCUT2D eigenvalue weighted by molar-refractivity contribution is 0.415. The van der Waals surface area contributed by atoms with Crippen LogP contribution in [0.4, 0.5) is 0 Å². The van der Waals surface area contributed by atoms with Gasteiger partial charge in [0.2, 0.25) is 0 Å². The van der Waals surface area contributed by atoms with Gasteiger partial charge in [-0.05, 0) is 30.3 Å². The Balaban J connectivity index is 2.58. The van der Waals surface area contributed by atoms with Gasteiger partial charge < -0.3 is 14.3 Å². The zero-order valence-electron chi connectivity index (χ0n) is 9.94. The van der Waals surface area contributed by atoms with Crippen LogP contribution in [0.5, 0.6) is 11.5 Å². The number of phenolic OH excluding ortho intramolecular Hbond substituents is 1. The topological polar surface area (TPSA) is 59.7 Å². The highest BCUT2D eigenvalue weighted by atomic mass is 35.5. The molecule has 0 radical (unpaired) electrons. The molecule has 0 spiro atoms. The minimum absolute atomic E-state index is 0.0271. The molecule has 0 atom stereocenters. The maximum Gasteiger partial charge on any atom is 0.344 e. The molecule has 2 aromatic carbocycles. The zero-order chi connectivity index (χ0) is 13.6. The maximum atomic E-state index is 11.9. The molecule has 1 aromatic heterocycles. The van der Waals surface area contributed by atoms with Crippen LogP contribution < -0.4 is 10.4 Å². The van der Waals surface area contributed by atoms with Crippen molar-refractivity contribution in [3.8, 4) is 11.5 Å². The number of hydrogen-bond donors (Lipinski definition) is 1. The monoisotopic (exact) mass is 276 g/mol. The number of phenols is 1. The average Bonchev–Trinajstić information content (AvgIpc) is 2.43. The summed E-state index contributed by atoms with van der Waals surface area (Å²) >= 11 is 5.96. The number of methoxy groups -OCH3 is 1. The summed E-state index contributed by atoms with van der Waals surface area (Å²) in [5.41, 5.74) is -0.329. The van der Waals surface area contributed by atoms with Crippen molar-refractivity contribution in [2.24, 2.45) is 0 Å². The van der Waals surface area contributed by atoms with E-state index in [1.807, 2.05) is 0 Å². The summed E-state index contributed by atoms with van der Waals surface area (Å²) in [5.74, 6) is 0.503. The first-order valence-electron chi connectivity index (χ1n) is 5.54. The molecule has 0 aliphatic heterocycles. The fraction of sp³-hybridized carbons (Fsp3) is 0.0714. The number of benzene rings is 2. The highest BCUT2D eigenvalue weighted by Gasteiger charge is 2.13. The Hall–Kier alpha value is -2.20. The van der Waals surface area contributed by atoms with Crippen molar-refractivity contribution in [3.63, 3.8) is 0 Å². The van der Waals surface area contributed by atoms with Crippen LogP contribution in [0.2, 0.25) is 5.02 Å². The summed E-state index contributed by atoms with van der Waals surface area (Å²) in [4.78, 5) is 11.9. The van der Waals surface area contributed by atoms with Crippen molar-refractivity contribution in [1.29, 1.82) is 0 Å². The summed E-state index contributed by atoms with van der Waals surface area (Å²) in [6.45, 7) is 0. The lowest BCUT2D eigenvalue weighted by Crippen LogP contribution is -2.00. The molecule has 4 nitrogen and oxygen atoms in total. The Labute approximate surface area is 112 Å². The van der Waals surface area contributed by atoms with Gasteiger partial charge in [0.05, 0.1) is 12.5 Å². The van der Waals surface area contributed by atoms with E-state index < -0.39 is 5.63 Å². The van der Waals surface area contributed by atoms with Crippen LogP contribution in [0.15, 0.2) is 39.5 Å². The summed E-state index contributed by atoms with van der Waals surface area (Å²) < 4.78 is 10.3. The third kappa shape index (κ3) is 1.72. The van der Waals surface area contributed by atoms with Gasteiger partial charge in [-0.3, -0.25) is 0 Å². The average molecular weight is 277 g/mol. The molecule has 0 amide bonds. The van der Waals surface area contributed by atoms with Crippen LogP contribution in [0.1, 0.15) is 0 Å². The van der Waals surface area contributed by atoms with Crippen molar-refractivity contribution < 1.29 is 14.3 Å². The molecule has 5 heteroatoms. The molecular weight excluding hydrogens is 268 g/mol. The van der Waals surface area contributed by atoms with E-state index in [1.54, 1.807) is 31.4 Å². The minimum Gasteiger partial charge on any atom is -0.506 e. The van der Waals surface area contributed by atoms with Gasteiger partial charge in [-0.15, -0.1) is 0 Å². The minimum atomic E-state index is -0.502. The van der Waals surface area contributed by atoms with E-state index in [2.05, 4.69) is 0 Å². The van der Waals surface area contributed by atoms with Crippen LogP contribution >= 0.6 is 11.6 Å². The SMILES string of the molecule is COc1ccc2c(=O)oc3c(Cl)c(O)ccc3c2c1. The molecule has 0 saturated heterocycles. The van der Waals surface area contributed by atoms with Gasteiger partial charge in [-0.1, -0.05) is 11.6 Å². The molecule has 1 heterocycles. The third-order valence-corrected chi connectivity index (χ3v) is 3.37. The first kappa shape index (κ1) is 11.9. The lowest BCUT2D eigenvalue weighted by Gasteiger charge is -2.06. The van der Waals surface area contributed by atoms with Crippen LogP contribution in [-0.4, -0.2) is 12.2 Å². The van der Waals surface area contributed by atoms with Crippen LogP contribution in [0, 0.1) is 0 Å². The van der Waals surface area contributed by atoms with E-state index in [1.165, 1.54) is 6.07 Å². The maximum absolute atomic E-state index is 11.9. The lowest BCUT2D eigenvalue weighted by atomic mass is 10.1. The van der Waals surface area contributed by atoms with E-state index in [-0.39, 0.29) is 16.4 Å². The van der Waals surface area contributed by atoms with Crippen molar-refractivity contribution in [2.75, 3.05) is 7.11 Å². The summed E-state index contributed by atoms with van der Waals surface area (Å²) in [5, 5.41) is 11.4. The predicted octanol–water partition coefficient (Wildman–Crippen LogP) is 3.31. The molecule has 0 aliphatic rings. The van der Waals surface area contributed by atoms with Gasteiger partial charge in [-0.25, -0.2) is 4.79 Å². The second kappa shape index (κ2) is 4.17. The number of fused-ring (bicyclic) bond motifs is 3. The molecule has 0 fully saturated rings. The van der Waals surface area contributed by atoms with E-state index in [0.29, 0.717) is 21.9 Å². The molecular formula is C14H9ClO4. The first-order chi connectivity index (χ1) is 9.11. The second-order valence-corrected chi connectivity index (χ2v) is 4.45. The van der Waals surface area contributed by atoms with Crippen molar-refractivity contribution in [3.05, 3.63) is 45.8 Å². The summed E-state index contributed by atoms with van der Waals surface area (Å²) in [7, 11) is 1.55. The van der Waals surface area contributed by atoms with Crippen molar-refractivity contribution in [2.45, 2.75) is 0 Å². The van der Waals surface area contributed by atoms with Crippen molar-refractivity contribution in [1.82, 2.24) is 0 Å². The number of aromatic hydroxyl groups is 1. The molecule has 1 N–H and O–H groups in total. The molecule has 3 rings (SSSR count). The van der Waals surface area contributed by atoms with Gasteiger partial charge in [0.1, 0.15) is 16.5 Å². The van der Waals surface area contributed by atoms with Gasteiger partial charge in [0, 0.05) is 10.8 Å². The molecule has 0 bridgehead atoms. The van der Waals surface area contributed by atoms with E-state index in [9.17, 15) is 9.90 Å². The van der Waals surface area contributed by atoms with Crippen LogP contribution in [-0.2, 0) is 0 Å². The Morgan fingerprint density at radius 3 is 2.63 bits per heavy atom. The number of hydrogen-bond acceptors (Lipinski definition) is 4. The van der Waals surface area contributed by atoms with Crippen molar-refractivity contribution >= 4 is 33.3 Å². The number of halogens is 1. The predicted molar refractivity (Wildman–Crippen MR) is 73.2 cm³/mol. The largest absolute Gasteiger partial charge is 0.506 e. The Morgan fingerprint density at radius 1 is 1.16 bits per heavy atom.